The first-order valence-electron chi connectivity index (χ1n) is 9.88. The maximum Gasteiger partial charge on any atom is 0.416 e. The summed E-state index contributed by atoms with van der Waals surface area (Å²) >= 11 is 0. The molecule has 0 fully saturated rings. The highest BCUT2D eigenvalue weighted by Crippen LogP contribution is 2.29. The molecular weight excluding hydrogens is 437 g/mol. The number of nitrogens with one attached hydrogen (secondary N) is 1. The lowest BCUT2D eigenvalue weighted by atomic mass is 10.1. The molecule has 2 heterocycles. The number of nitrogens with zero attached hydrogens (tertiary/aromatic N) is 5. The van der Waals surface area contributed by atoms with E-state index < -0.39 is 17.7 Å². The van der Waals surface area contributed by atoms with Gasteiger partial charge in [0.15, 0.2) is 11.6 Å². The van der Waals surface area contributed by atoms with Crippen molar-refractivity contribution in [3.63, 3.8) is 0 Å². The van der Waals surface area contributed by atoms with Gasteiger partial charge in [-0.05, 0) is 17.7 Å². The van der Waals surface area contributed by atoms with Crippen molar-refractivity contribution in [1.82, 2.24) is 24.6 Å². The number of carbonyl (C=O) groups is 1. The number of aryl methyl sites for hydroxylation is 1. The minimum absolute atomic E-state index is 0.101. The number of halogens is 3. The number of carbonyl (C=O) groups excluding carboxylic acids is 1. The van der Waals surface area contributed by atoms with Crippen LogP contribution in [-0.4, -0.2) is 50.9 Å². The number of ether oxygens (including phenoxy) is 1. The van der Waals surface area contributed by atoms with Crippen LogP contribution in [-0.2, 0) is 7.05 Å². The van der Waals surface area contributed by atoms with E-state index in [1.807, 2.05) is 0 Å². The number of likely N-dealkylation sites (N-methyl/N-ethyl adjacent to an activating group) is 1. The van der Waals surface area contributed by atoms with Gasteiger partial charge >= 0.3 is 6.09 Å². The molecule has 0 atom stereocenters. The van der Waals surface area contributed by atoms with Gasteiger partial charge in [0.05, 0.1) is 22.8 Å². The molecule has 1 N–H and O–H groups in total. The van der Waals surface area contributed by atoms with Crippen LogP contribution in [0, 0.1) is 17.5 Å². The molecule has 0 radical (unpaired) electrons. The molecule has 170 valence electrons. The Labute approximate surface area is 186 Å². The zero-order valence-corrected chi connectivity index (χ0v) is 17.7. The molecule has 2 aromatic heterocycles. The zero-order chi connectivity index (χ0) is 23.5. The molecule has 0 unspecified atom stereocenters. The fourth-order valence-corrected chi connectivity index (χ4v) is 3.07. The van der Waals surface area contributed by atoms with E-state index in [1.165, 1.54) is 27.9 Å². The van der Waals surface area contributed by atoms with Crippen LogP contribution in [0.15, 0.2) is 48.8 Å². The van der Waals surface area contributed by atoms with Crippen molar-refractivity contribution in [2.45, 2.75) is 0 Å². The largest absolute Gasteiger partial charge is 0.416 e. The third-order valence-electron chi connectivity index (χ3n) is 4.78. The summed E-state index contributed by atoms with van der Waals surface area (Å²) in [5, 5.41) is 7.14. The first kappa shape index (κ1) is 22.1. The normalized spacial score (nSPS) is 10.9. The van der Waals surface area contributed by atoms with Gasteiger partial charge < -0.3 is 15.0 Å². The number of hydrogen-bond acceptors (Lipinski definition) is 6. The predicted octanol–water partition coefficient (Wildman–Crippen LogP) is 3.99. The van der Waals surface area contributed by atoms with E-state index in [0.717, 1.165) is 12.1 Å². The fraction of sp³-hybridized carbons (Fsp3) is 0.182. The summed E-state index contributed by atoms with van der Waals surface area (Å²) in [5.41, 5.74) is 1.64. The first-order chi connectivity index (χ1) is 15.8. The molecule has 1 amide bonds. The van der Waals surface area contributed by atoms with E-state index in [0.29, 0.717) is 23.5 Å². The summed E-state index contributed by atoms with van der Waals surface area (Å²) in [4.78, 5) is 22.1. The molecular formula is C22H19F3N6O2. The van der Waals surface area contributed by atoms with Crippen LogP contribution >= 0.6 is 0 Å². The van der Waals surface area contributed by atoms with Gasteiger partial charge in [-0.1, -0.05) is 12.1 Å². The summed E-state index contributed by atoms with van der Waals surface area (Å²) in [6.45, 7) is 0.539. The second-order valence-corrected chi connectivity index (χ2v) is 7.26. The molecule has 0 spiro atoms. The number of hydrogen-bond donors (Lipinski definition) is 1. The average Bonchev–Trinajstić information content (AvgIpc) is 3.15. The highest BCUT2D eigenvalue weighted by molar-refractivity contribution is 5.76. The molecule has 0 saturated carbocycles. The van der Waals surface area contributed by atoms with Gasteiger partial charge in [0, 0.05) is 45.5 Å². The Balaban J connectivity index is 1.36. The lowest BCUT2D eigenvalue weighted by Crippen LogP contribution is -2.34. The van der Waals surface area contributed by atoms with E-state index in [9.17, 15) is 18.0 Å². The number of amides is 1. The molecule has 8 nitrogen and oxygen atoms in total. The Morgan fingerprint density at radius 1 is 1.12 bits per heavy atom. The maximum absolute atomic E-state index is 13.4. The summed E-state index contributed by atoms with van der Waals surface area (Å²) in [5.74, 6) is -1.93. The van der Waals surface area contributed by atoms with Crippen molar-refractivity contribution in [3.8, 4) is 17.0 Å². The van der Waals surface area contributed by atoms with Crippen LogP contribution in [0.1, 0.15) is 0 Å². The maximum atomic E-state index is 13.4. The monoisotopic (exact) mass is 456 g/mol. The summed E-state index contributed by atoms with van der Waals surface area (Å²) < 4.78 is 46.8. The Kier molecular flexibility index (Phi) is 6.11. The molecule has 4 rings (SSSR count). The molecule has 0 aliphatic carbocycles. The summed E-state index contributed by atoms with van der Waals surface area (Å²) in [7, 11) is 3.23. The molecule has 0 aliphatic rings. The highest BCUT2D eigenvalue weighted by Gasteiger charge is 2.18. The van der Waals surface area contributed by atoms with E-state index in [2.05, 4.69) is 20.4 Å². The smallest absolute Gasteiger partial charge is 0.389 e. The Bertz CT molecular complexity index is 1310. The molecule has 4 aromatic rings. The van der Waals surface area contributed by atoms with Gasteiger partial charge in [0.2, 0.25) is 0 Å². The predicted molar refractivity (Wildman–Crippen MR) is 115 cm³/mol. The SMILES string of the molecule is CN(CCNc1cnc2cc(F)c(F)cc2n1)C(=O)Oc1nn(C)cc1-c1ccc(F)cc1. The van der Waals surface area contributed by atoms with Gasteiger partial charge in [-0.15, -0.1) is 5.10 Å². The number of anilines is 1. The minimum Gasteiger partial charge on any atom is -0.389 e. The molecule has 0 aliphatic heterocycles. The second kappa shape index (κ2) is 9.15. The fourth-order valence-electron chi connectivity index (χ4n) is 3.07. The lowest BCUT2D eigenvalue weighted by Gasteiger charge is -2.17. The van der Waals surface area contributed by atoms with Gasteiger partial charge in [0.25, 0.3) is 5.88 Å². The van der Waals surface area contributed by atoms with E-state index in [-0.39, 0.29) is 29.3 Å². The van der Waals surface area contributed by atoms with Crippen molar-refractivity contribution < 1.29 is 22.7 Å². The van der Waals surface area contributed by atoms with Gasteiger partial charge in [0.1, 0.15) is 11.6 Å². The Morgan fingerprint density at radius 2 is 1.82 bits per heavy atom. The van der Waals surface area contributed by atoms with Crippen LogP contribution in [0.2, 0.25) is 0 Å². The van der Waals surface area contributed by atoms with Crippen molar-refractivity contribution in [2.24, 2.45) is 7.05 Å². The van der Waals surface area contributed by atoms with E-state index >= 15 is 0 Å². The zero-order valence-electron chi connectivity index (χ0n) is 17.7. The molecule has 2 aromatic carbocycles. The molecule has 0 bridgehead atoms. The number of aromatic nitrogens is 4. The van der Waals surface area contributed by atoms with Crippen LogP contribution in [0.3, 0.4) is 0 Å². The van der Waals surface area contributed by atoms with Gasteiger partial charge in [-0.25, -0.2) is 22.9 Å². The molecule has 0 saturated heterocycles. The van der Waals surface area contributed by atoms with Gasteiger partial charge in [-0.2, -0.15) is 0 Å². The van der Waals surface area contributed by atoms with Crippen molar-refractivity contribution in [1.29, 1.82) is 0 Å². The van der Waals surface area contributed by atoms with Crippen molar-refractivity contribution >= 4 is 22.9 Å². The highest BCUT2D eigenvalue weighted by atomic mass is 19.2. The van der Waals surface area contributed by atoms with E-state index in [4.69, 9.17) is 4.74 Å². The number of benzene rings is 2. The molecule has 11 heteroatoms. The summed E-state index contributed by atoms with van der Waals surface area (Å²) in [6.07, 6.45) is 2.42. The number of fused-ring (bicyclic) bond motifs is 1. The van der Waals surface area contributed by atoms with Crippen LogP contribution in [0.5, 0.6) is 5.88 Å². The minimum atomic E-state index is -1.01. The van der Waals surface area contributed by atoms with E-state index in [1.54, 1.807) is 32.4 Å². The first-order valence-corrected chi connectivity index (χ1v) is 9.88. The topological polar surface area (TPSA) is 85.2 Å². The van der Waals surface area contributed by atoms with Crippen molar-refractivity contribution in [2.75, 3.05) is 25.5 Å². The van der Waals surface area contributed by atoms with Crippen LogP contribution in [0.4, 0.5) is 23.8 Å². The van der Waals surface area contributed by atoms with Crippen LogP contribution < -0.4 is 10.1 Å². The quantitative estimate of drug-likeness (QED) is 0.472. The standard InChI is InChI=1S/C22H19F3N6O2/c1-30(8-7-26-20-11-27-18-9-16(24)17(25)10-19(18)28-20)22(32)33-21-15(12-31(2)29-21)13-3-5-14(23)6-4-13/h3-6,9-12H,7-8H2,1-2H3,(H,26,28). The second-order valence-electron chi connectivity index (χ2n) is 7.26. The Hall–Kier alpha value is -4.15. The summed E-state index contributed by atoms with van der Waals surface area (Å²) in [6, 6.07) is 7.71. The lowest BCUT2D eigenvalue weighted by molar-refractivity contribution is 0.162. The van der Waals surface area contributed by atoms with Crippen LogP contribution in [0.25, 0.3) is 22.2 Å². The van der Waals surface area contributed by atoms with Gasteiger partial charge in [-0.3, -0.25) is 9.67 Å². The number of rotatable bonds is 6. The Morgan fingerprint density at radius 3 is 2.55 bits per heavy atom. The average molecular weight is 456 g/mol. The molecule has 33 heavy (non-hydrogen) atoms. The third kappa shape index (κ3) is 5.03. The third-order valence-corrected chi connectivity index (χ3v) is 4.78. The van der Waals surface area contributed by atoms with Crippen molar-refractivity contribution in [3.05, 3.63) is 66.2 Å².